The van der Waals surface area contributed by atoms with Crippen LogP contribution in [-0.4, -0.2) is 23.3 Å². The second kappa shape index (κ2) is 15.9. The maximum atomic E-state index is 11.1. The molecule has 1 aromatic carbocycles. The second-order valence-electron chi connectivity index (χ2n) is 6.40. The average Bonchev–Trinajstić information content (AvgIpc) is 2.66. The Bertz CT molecular complexity index is 581. The van der Waals surface area contributed by atoms with E-state index in [0.29, 0.717) is 6.42 Å². The second-order valence-corrected chi connectivity index (χ2v) is 6.40. The number of nitrogens with two attached hydrogens (primary N) is 1. The predicted octanol–water partition coefficient (Wildman–Crippen LogP) is 4.23. The highest BCUT2D eigenvalue weighted by Gasteiger charge is 2.18. The first-order valence-electron chi connectivity index (χ1n) is 9.50. The van der Waals surface area contributed by atoms with Gasteiger partial charge in [0.1, 0.15) is 5.78 Å². The van der Waals surface area contributed by atoms with Gasteiger partial charge in [-0.1, -0.05) is 57.5 Å². The molecule has 0 bridgehead atoms. The van der Waals surface area contributed by atoms with Crippen LogP contribution in [0.4, 0.5) is 0 Å². The number of carbonyl (C=O) groups is 4. The molecule has 0 spiro atoms. The van der Waals surface area contributed by atoms with Gasteiger partial charge in [0, 0.05) is 19.3 Å². The normalized spacial score (nSPS) is 11.6. The van der Waals surface area contributed by atoms with Crippen LogP contribution >= 0.6 is 0 Å². The van der Waals surface area contributed by atoms with Crippen molar-refractivity contribution < 1.29 is 19.2 Å². The fourth-order valence-corrected chi connectivity index (χ4v) is 2.06. The minimum Gasteiger partial charge on any atom is -0.369 e. The molecule has 1 rings (SSSR count). The maximum Gasteiger partial charge on any atom is 0.224 e. The van der Waals surface area contributed by atoms with Crippen molar-refractivity contribution in [1.29, 1.82) is 0 Å². The van der Waals surface area contributed by atoms with Gasteiger partial charge in [0.15, 0.2) is 5.78 Å². The average molecular weight is 378 g/mol. The summed E-state index contributed by atoms with van der Waals surface area (Å²) in [6.45, 7) is 10.6. The Hall–Kier alpha value is -2.30. The van der Waals surface area contributed by atoms with Crippen molar-refractivity contribution in [2.24, 2.45) is 11.7 Å². The van der Waals surface area contributed by atoms with Crippen LogP contribution in [0.5, 0.6) is 0 Å². The van der Waals surface area contributed by atoms with Crippen LogP contribution in [0, 0.1) is 5.92 Å². The standard InChI is InChI=1S/C9H11NO.C9H16O2.C4H8O/c1-7(9(10)11)8-5-3-2-4-6-8;1-4-6-8(5-2)9(11)7(3)10;1-3-4(2)5/h2-7H,1H3,(H2,10,11);8H,4-6H2,1-3H3;3H2,1-2H3/t7-;;/m0../s1. The molecular weight excluding hydrogens is 342 g/mol. The SMILES string of the molecule is CCC(C)=O.CCCC(CC)C(=O)C(C)=O.C[C@H](C(N)=O)c1ccccc1. The number of benzene rings is 1. The molecule has 0 radical (unpaired) electrons. The number of hydrogen-bond acceptors (Lipinski definition) is 4. The van der Waals surface area contributed by atoms with Gasteiger partial charge >= 0.3 is 0 Å². The molecule has 1 aromatic rings. The molecule has 0 aliphatic heterocycles. The van der Waals surface area contributed by atoms with Crippen molar-refractivity contribution in [2.45, 2.75) is 73.1 Å². The van der Waals surface area contributed by atoms with Crippen LogP contribution in [-0.2, 0) is 19.2 Å². The molecule has 0 saturated carbocycles. The molecule has 2 atom stereocenters. The topological polar surface area (TPSA) is 94.3 Å². The van der Waals surface area contributed by atoms with Crippen molar-refractivity contribution in [2.75, 3.05) is 0 Å². The summed E-state index contributed by atoms with van der Waals surface area (Å²) in [4.78, 5) is 42.3. The number of primary amides is 1. The number of Topliss-reactive ketones (excluding diaryl/α,β-unsaturated/α-hetero) is 3. The van der Waals surface area contributed by atoms with Crippen LogP contribution in [0.25, 0.3) is 0 Å². The van der Waals surface area contributed by atoms with E-state index < -0.39 is 0 Å². The molecule has 0 aliphatic rings. The number of rotatable bonds is 8. The Labute approximate surface area is 163 Å². The fourth-order valence-electron chi connectivity index (χ4n) is 2.06. The third-order valence-electron chi connectivity index (χ3n) is 4.07. The molecule has 5 nitrogen and oxygen atoms in total. The molecule has 27 heavy (non-hydrogen) atoms. The lowest BCUT2D eigenvalue weighted by atomic mass is 9.94. The molecule has 1 amide bonds. The van der Waals surface area contributed by atoms with Gasteiger partial charge in [0.25, 0.3) is 0 Å². The molecule has 1 unspecified atom stereocenters. The summed E-state index contributed by atoms with van der Waals surface area (Å²) in [6.07, 6.45) is 3.26. The third kappa shape index (κ3) is 13.5. The van der Waals surface area contributed by atoms with Gasteiger partial charge in [0.05, 0.1) is 5.92 Å². The molecule has 2 N–H and O–H groups in total. The Morgan fingerprint density at radius 1 is 0.963 bits per heavy atom. The van der Waals surface area contributed by atoms with E-state index in [1.165, 1.54) is 6.92 Å². The maximum absolute atomic E-state index is 11.1. The Morgan fingerprint density at radius 2 is 1.44 bits per heavy atom. The van der Waals surface area contributed by atoms with Gasteiger partial charge in [0.2, 0.25) is 11.7 Å². The zero-order valence-electron chi connectivity index (χ0n) is 17.6. The van der Waals surface area contributed by atoms with Gasteiger partial charge in [-0.3, -0.25) is 14.4 Å². The van der Waals surface area contributed by atoms with E-state index in [-0.39, 0.29) is 35.1 Å². The van der Waals surface area contributed by atoms with Crippen molar-refractivity contribution >= 4 is 23.3 Å². The Morgan fingerprint density at radius 3 is 1.74 bits per heavy atom. The van der Waals surface area contributed by atoms with Crippen LogP contribution in [0.2, 0.25) is 0 Å². The van der Waals surface area contributed by atoms with E-state index in [0.717, 1.165) is 24.8 Å². The summed E-state index contributed by atoms with van der Waals surface area (Å²) < 4.78 is 0. The Balaban J connectivity index is 0. The fraction of sp³-hybridized carbons (Fsp3) is 0.545. The molecule has 0 saturated heterocycles. The van der Waals surface area contributed by atoms with E-state index in [2.05, 4.69) is 0 Å². The molecule has 0 heterocycles. The molecule has 0 aliphatic carbocycles. The molecule has 152 valence electrons. The first-order chi connectivity index (χ1) is 12.6. The lowest BCUT2D eigenvalue weighted by molar-refractivity contribution is -0.138. The largest absolute Gasteiger partial charge is 0.369 e. The van der Waals surface area contributed by atoms with Gasteiger partial charge in [-0.2, -0.15) is 0 Å². The number of ketones is 3. The van der Waals surface area contributed by atoms with Gasteiger partial charge in [-0.25, -0.2) is 0 Å². The molecule has 5 heteroatoms. The predicted molar refractivity (Wildman–Crippen MR) is 109 cm³/mol. The van der Waals surface area contributed by atoms with Gasteiger partial charge < -0.3 is 10.5 Å². The number of amides is 1. The summed E-state index contributed by atoms with van der Waals surface area (Å²) in [6, 6.07) is 9.51. The van der Waals surface area contributed by atoms with Crippen LogP contribution in [0.1, 0.15) is 78.7 Å². The molecule has 0 fully saturated rings. The highest BCUT2D eigenvalue weighted by Crippen LogP contribution is 2.13. The third-order valence-corrected chi connectivity index (χ3v) is 4.07. The van der Waals surface area contributed by atoms with Crippen molar-refractivity contribution in [3.05, 3.63) is 35.9 Å². The minimum atomic E-state index is -0.301. The van der Waals surface area contributed by atoms with Crippen LogP contribution in [0.3, 0.4) is 0 Å². The molecular formula is C22H35NO4. The Kier molecular flexibility index (Phi) is 15.9. The van der Waals surface area contributed by atoms with E-state index in [4.69, 9.17) is 5.73 Å². The minimum absolute atomic E-state index is 0.0301. The summed E-state index contributed by atoms with van der Waals surface area (Å²) in [5.41, 5.74) is 6.10. The lowest BCUT2D eigenvalue weighted by Crippen LogP contribution is -2.20. The van der Waals surface area contributed by atoms with E-state index in [1.807, 2.05) is 51.1 Å². The van der Waals surface area contributed by atoms with E-state index in [9.17, 15) is 19.2 Å². The molecule has 0 aromatic heterocycles. The first-order valence-corrected chi connectivity index (χ1v) is 9.50. The monoisotopic (exact) mass is 377 g/mol. The zero-order valence-corrected chi connectivity index (χ0v) is 17.6. The van der Waals surface area contributed by atoms with Gasteiger partial charge in [-0.05, 0) is 32.3 Å². The van der Waals surface area contributed by atoms with Crippen LogP contribution in [0.15, 0.2) is 30.3 Å². The smallest absolute Gasteiger partial charge is 0.224 e. The van der Waals surface area contributed by atoms with Crippen molar-refractivity contribution in [3.63, 3.8) is 0 Å². The van der Waals surface area contributed by atoms with Crippen molar-refractivity contribution in [1.82, 2.24) is 0 Å². The summed E-state index contributed by atoms with van der Waals surface area (Å²) in [7, 11) is 0. The summed E-state index contributed by atoms with van der Waals surface area (Å²) in [5, 5.41) is 0. The van der Waals surface area contributed by atoms with E-state index in [1.54, 1.807) is 13.8 Å². The summed E-state index contributed by atoms with van der Waals surface area (Å²) >= 11 is 0. The van der Waals surface area contributed by atoms with Crippen molar-refractivity contribution in [3.8, 4) is 0 Å². The summed E-state index contributed by atoms with van der Waals surface area (Å²) in [5.74, 6) is -0.741. The first kappa shape index (κ1) is 26.9. The van der Waals surface area contributed by atoms with E-state index >= 15 is 0 Å². The zero-order chi connectivity index (χ0) is 21.4. The number of carbonyl (C=O) groups excluding carboxylic acids is 4. The van der Waals surface area contributed by atoms with Crippen LogP contribution < -0.4 is 5.73 Å². The lowest BCUT2D eigenvalue weighted by Gasteiger charge is -2.08. The highest BCUT2D eigenvalue weighted by molar-refractivity contribution is 6.36. The van der Waals surface area contributed by atoms with Gasteiger partial charge in [-0.15, -0.1) is 0 Å². The number of hydrogen-bond donors (Lipinski definition) is 1. The quantitative estimate of drug-likeness (QED) is 0.686. The highest BCUT2D eigenvalue weighted by atomic mass is 16.2.